The van der Waals surface area contributed by atoms with Crippen LogP contribution in [0.5, 0.6) is 0 Å². The highest BCUT2D eigenvalue weighted by Gasteiger charge is 2.47. The minimum absolute atomic E-state index is 0.0246. The van der Waals surface area contributed by atoms with Gasteiger partial charge in [0, 0.05) is 18.2 Å². The topological polar surface area (TPSA) is 66.8 Å². The van der Waals surface area contributed by atoms with Crippen LogP contribution in [0.1, 0.15) is 20.3 Å². The lowest BCUT2D eigenvalue weighted by Gasteiger charge is -2.18. The number of carbonyl (C=O) groups excluding carboxylic acids is 1. The fourth-order valence-electron chi connectivity index (χ4n) is 2.12. The first-order valence-corrected chi connectivity index (χ1v) is 8.76. The molecule has 0 radical (unpaired) electrons. The molecule has 102 valence electrons. The van der Waals surface area contributed by atoms with Crippen LogP contribution in [-0.4, -0.2) is 54.2 Å². The number of nitrogens with zero attached hydrogens (tertiary/aromatic N) is 2. The van der Waals surface area contributed by atoms with Crippen molar-refractivity contribution in [1.29, 1.82) is 0 Å². The van der Waals surface area contributed by atoms with Crippen molar-refractivity contribution < 1.29 is 13.2 Å². The van der Waals surface area contributed by atoms with Gasteiger partial charge in [-0.3, -0.25) is 4.79 Å². The number of rotatable bonds is 2. The average Bonchev–Trinajstić information content (AvgIpc) is 2.73. The molecule has 2 rings (SSSR count). The molecule has 0 aliphatic carbocycles. The summed E-state index contributed by atoms with van der Waals surface area (Å²) < 4.78 is 23.1. The number of amides is 1. The maximum absolute atomic E-state index is 11.8. The number of amidine groups is 1. The molecule has 2 fully saturated rings. The van der Waals surface area contributed by atoms with E-state index in [1.165, 1.54) is 11.8 Å². The molecule has 2 heterocycles. The van der Waals surface area contributed by atoms with Crippen molar-refractivity contribution in [2.24, 2.45) is 10.9 Å². The molecule has 2 aliphatic heterocycles. The van der Waals surface area contributed by atoms with E-state index in [0.717, 1.165) is 6.42 Å². The van der Waals surface area contributed by atoms with Crippen LogP contribution >= 0.6 is 11.8 Å². The highest BCUT2D eigenvalue weighted by Crippen LogP contribution is 2.37. The van der Waals surface area contributed by atoms with Gasteiger partial charge in [0.05, 0.1) is 17.5 Å². The maximum Gasteiger partial charge on any atom is 0.250 e. The van der Waals surface area contributed by atoms with Gasteiger partial charge in [0.15, 0.2) is 15.0 Å². The number of fused-ring (bicyclic) bond motifs is 1. The second kappa shape index (κ2) is 4.85. The summed E-state index contributed by atoms with van der Waals surface area (Å²) in [4.78, 5) is 17.8. The normalized spacial score (nSPS) is 33.7. The van der Waals surface area contributed by atoms with Gasteiger partial charge in [-0.2, -0.15) is 4.99 Å². The van der Waals surface area contributed by atoms with Crippen molar-refractivity contribution in [2.75, 3.05) is 18.6 Å². The Balaban J connectivity index is 2.12. The van der Waals surface area contributed by atoms with Gasteiger partial charge in [0.2, 0.25) is 0 Å². The van der Waals surface area contributed by atoms with Gasteiger partial charge in [0.25, 0.3) is 5.91 Å². The van der Waals surface area contributed by atoms with E-state index < -0.39 is 9.84 Å². The van der Waals surface area contributed by atoms with Gasteiger partial charge in [-0.1, -0.05) is 25.6 Å². The highest BCUT2D eigenvalue weighted by atomic mass is 32.2. The van der Waals surface area contributed by atoms with Crippen LogP contribution in [0.25, 0.3) is 0 Å². The van der Waals surface area contributed by atoms with Gasteiger partial charge < -0.3 is 4.90 Å². The van der Waals surface area contributed by atoms with Crippen molar-refractivity contribution in [2.45, 2.75) is 31.6 Å². The summed E-state index contributed by atoms with van der Waals surface area (Å²) in [5, 5.41) is 0.702. The molecule has 2 saturated heterocycles. The Hall–Kier alpha value is -0.560. The molecular weight excluding hydrogens is 272 g/mol. The SMILES string of the molecule is CC[C@@H](C)C(=O)N=C1S[C@H]2CS(=O)(=O)C[C@H]2N1C. The first-order valence-electron chi connectivity index (χ1n) is 6.06. The number of sulfone groups is 1. The van der Waals surface area contributed by atoms with E-state index in [-0.39, 0.29) is 34.6 Å². The van der Waals surface area contributed by atoms with Crippen molar-refractivity contribution >= 4 is 32.7 Å². The van der Waals surface area contributed by atoms with E-state index in [9.17, 15) is 13.2 Å². The minimum atomic E-state index is -2.91. The molecule has 18 heavy (non-hydrogen) atoms. The van der Waals surface area contributed by atoms with Crippen LogP contribution in [0.15, 0.2) is 4.99 Å². The molecule has 0 N–H and O–H groups in total. The largest absolute Gasteiger partial charge is 0.349 e. The van der Waals surface area contributed by atoms with Crippen LogP contribution in [0.4, 0.5) is 0 Å². The molecule has 0 spiro atoms. The predicted molar refractivity (Wildman–Crippen MR) is 73.5 cm³/mol. The molecule has 0 unspecified atom stereocenters. The van der Waals surface area contributed by atoms with Gasteiger partial charge in [-0.05, 0) is 6.42 Å². The van der Waals surface area contributed by atoms with E-state index in [1.807, 2.05) is 25.8 Å². The van der Waals surface area contributed by atoms with Crippen LogP contribution in [0.3, 0.4) is 0 Å². The monoisotopic (exact) mass is 290 g/mol. The quantitative estimate of drug-likeness (QED) is 0.751. The molecule has 7 heteroatoms. The first kappa shape index (κ1) is 13.9. The zero-order valence-corrected chi connectivity index (χ0v) is 12.4. The van der Waals surface area contributed by atoms with E-state index in [0.29, 0.717) is 5.17 Å². The summed E-state index contributed by atoms with van der Waals surface area (Å²) in [5.41, 5.74) is 0. The van der Waals surface area contributed by atoms with Crippen LogP contribution in [-0.2, 0) is 14.6 Å². The predicted octanol–water partition coefficient (Wildman–Crippen LogP) is 0.759. The number of hydrogen-bond donors (Lipinski definition) is 0. The van der Waals surface area contributed by atoms with E-state index in [4.69, 9.17) is 0 Å². The number of carbonyl (C=O) groups is 1. The number of hydrogen-bond acceptors (Lipinski definition) is 4. The summed E-state index contributed by atoms with van der Waals surface area (Å²) in [6.45, 7) is 3.81. The molecular formula is C11H18N2O3S2. The van der Waals surface area contributed by atoms with Gasteiger partial charge in [-0.25, -0.2) is 8.42 Å². The zero-order chi connectivity index (χ0) is 13.5. The third-order valence-corrected chi connectivity index (χ3v) is 6.87. The average molecular weight is 290 g/mol. The fraction of sp³-hybridized carbons (Fsp3) is 0.818. The maximum atomic E-state index is 11.8. The Morgan fingerprint density at radius 2 is 2.22 bits per heavy atom. The Morgan fingerprint density at radius 3 is 2.78 bits per heavy atom. The summed E-state index contributed by atoms with van der Waals surface area (Å²) in [6, 6.07) is -0.0246. The molecule has 3 atom stereocenters. The number of thioether (sulfide) groups is 1. The molecule has 0 saturated carbocycles. The Morgan fingerprint density at radius 1 is 1.56 bits per heavy atom. The number of aliphatic imine (C=N–C) groups is 1. The van der Waals surface area contributed by atoms with Crippen LogP contribution < -0.4 is 0 Å². The van der Waals surface area contributed by atoms with Crippen molar-refractivity contribution in [3.05, 3.63) is 0 Å². The Kier molecular flexibility index (Phi) is 3.73. The molecule has 5 nitrogen and oxygen atoms in total. The van der Waals surface area contributed by atoms with Crippen LogP contribution in [0, 0.1) is 5.92 Å². The van der Waals surface area contributed by atoms with Crippen molar-refractivity contribution in [3.63, 3.8) is 0 Å². The smallest absolute Gasteiger partial charge is 0.250 e. The second-order valence-corrected chi connectivity index (χ2v) is 8.31. The zero-order valence-electron chi connectivity index (χ0n) is 10.8. The molecule has 0 bridgehead atoms. The van der Waals surface area contributed by atoms with Gasteiger partial charge in [-0.15, -0.1) is 0 Å². The van der Waals surface area contributed by atoms with Crippen LogP contribution in [0.2, 0.25) is 0 Å². The van der Waals surface area contributed by atoms with E-state index in [1.54, 1.807) is 0 Å². The summed E-state index contributed by atoms with van der Waals surface area (Å²) in [7, 11) is -1.09. The molecule has 0 aromatic heterocycles. The Bertz CT molecular complexity index is 487. The molecule has 0 aromatic carbocycles. The van der Waals surface area contributed by atoms with E-state index >= 15 is 0 Å². The second-order valence-electron chi connectivity index (χ2n) is 4.95. The van der Waals surface area contributed by atoms with Gasteiger partial charge in [0.1, 0.15) is 0 Å². The fourth-order valence-corrected chi connectivity index (χ4v) is 6.12. The molecule has 2 aliphatic rings. The lowest BCUT2D eigenvalue weighted by Crippen LogP contribution is -2.34. The first-order chi connectivity index (χ1) is 8.34. The summed E-state index contributed by atoms with van der Waals surface area (Å²) in [6.07, 6.45) is 0.769. The lowest BCUT2D eigenvalue weighted by molar-refractivity contribution is -0.121. The van der Waals surface area contributed by atoms with Crippen molar-refractivity contribution in [1.82, 2.24) is 4.90 Å². The standard InChI is InChI=1S/C11H18N2O3S2/c1-4-7(2)10(14)12-11-13(3)8-5-18(15,16)6-9(8)17-11/h7-9H,4-6H2,1-3H3/t7-,8-,9+/m1/s1. The Labute approximate surface area is 112 Å². The molecule has 0 aromatic rings. The van der Waals surface area contributed by atoms with E-state index in [2.05, 4.69) is 4.99 Å². The highest BCUT2D eigenvalue weighted by molar-refractivity contribution is 8.15. The van der Waals surface area contributed by atoms with Gasteiger partial charge >= 0.3 is 0 Å². The molecule has 1 amide bonds. The van der Waals surface area contributed by atoms with Crippen molar-refractivity contribution in [3.8, 4) is 0 Å². The third-order valence-electron chi connectivity index (χ3n) is 3.57. The lowest BCUT2D eigenvalue weighted by atomic mass is 10.1. The summed E-state index contributed by atoms with van der Waals surface area (Å²) in [5.74, 6) is 0.186. The summed E-state index contributed by atoms with van der Waals surface area (Å²) >= 11 is 1.42. The third kappa shape index (κ3) is 2.56. The minimum Gasteiger partial charge on any atom is -0.349 e.